The largest absolute Gasteiger partial charge is 0.487 e. The lowest BCUT2D eigenvalue weighted by atomic mass is 10.1. The van der Waals surface area contributed by atoms with E-state index in [2.05, 4.69) is 9.97 Å². The average molecular weight is 396 g/mol. The molecule has 2 fully saturated rings. The molecule has 0 saturated carbocycles. The minimum Gasteiger partial charge on any atom is -0.487 e. The van der Waals surface area contributed by atoms with Crippen LogP contribution in [0.4, 0.5) is 0 Å². The second kappa shape index (κ2) is 8.57. The van der Waals surface area contributed by atoms with E-state index in [1.54, 1.807) is 46.6 Å². The van der Waals surface area contributed by atoms with Crippen LogP contribution in [0, 0.1) is 6.92 Å². The summed E-state index contributed by atoms with van der Waals surface area (Å²) < 4.78 is 11.4. The molecule has 8 heteroatoms. The quantitative estimate of drug-likeness (QED) is 0.775. The lowest BCUT2D eigenvalue weighted by molar-refractivity contribution is -0.139. The Morgan fingerprint density at radius 1 is 1.17 bits per heavy atom. The van der Waals surface area contributed by atoms with Crippen molar-refractivity contribution in [2.75, 3.05) is 32.8 Å². The smallest absolute Gasteiger partial charge is 0.256 e. The molecule has 0 aliphatic carbocycles. The van der Waals surface area contributed by atoms with Crippen molar-refractivity contribution in [2.45, 2.75) is 25.5 Å². The van der Waals surface area contributed by atoms with Gasteiger partial charge in [0.05, 0.1) is 31.5 Å². The van der Waals surface area contributed by atoms with Crippen LogP contribution in [-0.2, 0) is 9.53 Å². The molecule has 29 heavy (non-hydrogen) atoms. The number of rotatable bonds is 4. The first-order valence-corrected chi connectivity index (χ1v) is 9.78. The molecule has 8 nitrogen and oxygen atoms in total. The van der Waals surface area contributed by atoms with E-state index in [0.29, 0.717) is 50.6 Å². The summed E-state index contributed by atoms with van der Waals surface area (Å²) in [5.74, 6) is 0.363. The van der Waals surface area contributed by atoms with Gasteiger partial charge in [-0.25, -0.2) is 0 Å². The van der Waals surface area contributed by atoms with Crippen LogP contribution in [0.2, 0.25) is 0 Å². The summed E-state index contributed by atoms with van der Waals surface area (Å²) in [6, 6.07) is 6.59. The molecule has 0 unspecified atom stereocenters. The molecule has 0 spiro atoms. The summed E-state index contributed by atoms with van der Waals surface area (Å²) >= 11 is 0. The second-order valence-corrected chi connectivity index (χ2v) is 7.26. The Balaban J connectivity index is 1.55. The van der Waals surface area contributed by atoms with Crippen molar-refractivity contribution in [3.05, 3.63) is 54.1 Å². The van der Waals surface area contributed by atoms with Gasteiger partial charge in [0.25, 0.3) is 5.91 Å². The third-order valence-electron chi connectivity index (χ3n) is 5.23. The number of morpholine rings is 1. The van der Waals surface area contributed by atoms with Crippen molar-refractivity contribution in [3.8, 4) is 5.75 Å². The Kier molecular flexibility index (Phi) is 5.71. The van der Waals surface area contributed by atoms with Crippen LogP contribution < -0.4 is 4.74 Å². The van der Waals surface area contributed by atoms with Gasteiger partial charge in [-0.2, -0.15) is 0 Å². The molecule has 2 aromatic rings. The molecule has 2 aliphatic rings. The first-order chi connectivity index (χ1) is 14.1. The van der Waals surface area contributed by atoms with Crippen molar-refractivity contribution in [1.29, 1.82) is 0 Å². The predicted octanol–water partition coefficient (Wildman–Crippen LogP) is 1.31. The van der Waals surface area contributed by atoms with Gasteiger partial charge < -0.3 is 19.3 Å². The molecule has 0 bridgehead atoms. The SMILES string of the molecule is Cc1ccc(C(=O)N2C[C@@H](Oc3cccnc3)C[C@H]2C(=O)N2CCOCC2)cn1. The number of aromatic nitrogens is 2. The summed E-state index contributed by atoms with van der Waals surface area (Å²) in [7, 11) is 0. The van der Waals surface area contributed by atoms with Gasteiger partial charge in [-0.3, -0.25) is 19.6 Å². The van der Waals surface area contributed by atoms with Gasteiger partial charge in [0.15, 0.2) is 0 Å². The summed E-state index contributed by atoms with van der Waals surface area (Å²) in [5.41, 5.74) is 1.30. The Hall–Kier alpha value is -3.00. The minimum atomic E-state index is -0.566. The van der Waals surface area contributed by atoms with Gasteiger partial charge >= 0.3 is 0 Å². The summed E-state index contributed by atoms with van der Waals surface area (Å²) in [6.45, 7) is 4.32. The maximum absolute atomic E-state index is 13.2. The molecule has 0 N–H and O–H groups in total. The van der Waals surface area contributed by atoms with Gasteiger partial charge in [0.1, 0.15) is 17.9 Å². The first-order valence-electron chi connectivity index (χ1n) is 9.78. The van der Waals surface area contributed by atoms with E-state index in [4.69, 9.17) is 9.47 Å². The average Bonchev–Trinajstić information content (AvgIpc) is 3.18. The molecule has 2 aromatic heterocycles. The van der Waals surface area contributed by atoms with Crippen molar-refractivity contribution >= 4 is 11.8 Å². The number of likely N-dealkylation sites (tertiary alicyclic amines) is 1. The zero-order chi connectivity index (χ0) is 20.2. The van der Waals surface area contributed by atoms with Gasteiger partial charge in [-0.05, 0) is 31.2 Å². The summed E-state index contributed by atoms with van der Waals surface area (Å²) in [6.07, 6.45) is 5.02. The number of carbonyl (C=O) groups excluding carboxylic acids is 2. The van der Waals surface area contributed by atoms with E-state index in [-0.39, 0.29) is 17.9 Å². The topological polar surface area (TPSA) is 84.9 Å². The van der Waals surface area contributed by atoms with E-state index in [1.807, 2.05) is 13.0 Å². The predicted molar refractivity (Wildman–Crippen MR) is 104 cm³/mol. The van der Waals surface area contributed by atoms with Crippen LogP contribution in [0.15, 0.2) is 42.9 Å². The van der Waals surface area contributed by atoms with Gasteiger partial charge in [0.2, 0.25) is 5.91 Å². The molecule has 0 aromatic carbocycles. The fourth-order valence-electron chi connectivity index (χ4n) is 3.71. The highest BCUT2D eigenvalue weighted by Crippen LogP contribution is 2.26. The molecule has 2 amide bonds. The lowest BCUT2D eigenvalue weighted by Gasteiger charge is -2.32. The molecule has 152 valence electrons. The van der Waals surface area contributed by atoms with E-state index >= 15 is 0 Å². The minimum absolute atomic E-state index is 0.0565. The Morgan fingerprint density at radius 2 is 2.00 bits per heavy atom. The second-order valence-electron chi connectivity index (χ2n) is 7.26. The van der Waals surface area contributed by atoms with Crippen LogP contribution in [0.5, 0.6) is 5.75 Å². The number of amides is 2. The van der Waals surface area contributed by atoms with Crippen LogP contribution in [0.1, 0.15) is 22.5 Å². The fourth-order valence-corrected chi connectivity index (χ4v) is 3.71. The third kappa shape index (κ3) is 4.37. The highest BCUT2D eigenvalue weighted by Gasteiger charge is 2.43. The normalized spacial score (nSPS) is 21.8. The number of aryl methyl sites for hydroxylation is 1. The van der Waals surface area contributed by atoms with Crippen LogP contribution >= 0.6 is 0 Å². The maximum atomic E-state index is 13.2. The third-order valence-corrected chi connectivity index (χ3v) is 5.23. The van der Waals surface area contributed by atoms with E-state index in [9.17, 15) is 9.59 Å². The molecule has 2 saturated heterocycles. The van der Waals surface area contributed by atoms with Gasteiger partial charge in [0, 0.05) is 37.6 Å². The lowest BCUT2D eigenvalue weighted by Crippen LogP contribution is -2.51. The molecule has 4 rings (SSSR count). The number of nitrogens with zero attached hydrogens (tertiary/aromatic N) is 4. The molecule has 4 heterocycles. The number of pyridine rings is 2. The Morgan fingerprint density at radius 3 is 2.69 bits per heavy atom. The van der Waals surface area contributed by atoms with Crippen LogP contribution in [0.3, 0.4) is 0 Å². The highest BCUT2D eigenvalue weighted by molar-refractivity contribution is 5.97. The number of hydrogen-bond donors (Lipinski definition) is 0. The van der Waals surface area contributed by atoms with Crippen molar-refractivity contribution in [2.24, 2.45) is 0 Å². The van der Waals surface area contributed by atoms with Gasteiger partial charge in [-0.1, -0.05) is 0 Å². The number of hydrogen-bond acceptors (Lipinski definition) is 6. The van der Waals surface area contributed by atoms with Gasteiger partial charge in [-0.15, -0.1) is 0 Å². The zero-order valence-corrected chi connectivity index (χ0v) is 16.4. The van der Waals surface area contributed by atoms with Crippen LogP contribution in [-0.4, -0.2) is 76.6 Å². The van der Waals surface area contributed by atoms with Crippen LogP contribution in [0.25, 0.3) is 0 Å². The fraction of sp³-hybridized carbons (Fsp3) is 0.429. The van der Waals surface area contributed by atoms with Crippen molar-refractivity contribution in [1.82, 2.24) is 19.8 Å². The Bertz CT molecular complexity index is 853. The van der Waals surface area contributed by atoms with E-state index in [0.717, 1.165) is 5.69 Å². The molecule has 2 atom stereocenters. The molecule has 0 radical (unpaired) electrons. The zero-order valence-electron chi connectivity index (χ0n) is 16.4. The first kappa shape index (κ1) is 19.3. The van der Waals surface area contributed by atoms with E-state index < -0.39 is 6.04 Å². The monoisotopic (exact) mass is 396 g/mol. The summed E-state index contributed by atoms with van der Waals surface area (Å²) in [4.78, 5) is 38.0. The number of ether oxygens (including phenoxy) is 2. The standard InChI is InChI=1S/C21H24N4O4/c1-15-4-5-16(12-23-15)20(26)25-14-18(29-17-3-2-6-22-13-17)11-19(25)21(27)24-7-9-28-10-8-24/h2-6,12-13,18-19H,7-11,14H2,1H3/t18-,19-/m0/s1. The van der Waals surface area contributed by atoms with Crippen molar-refractivity contribution < 1.29 is 19.1 Å². The number of carbonyl (C=O) groups is 2. The maximum Gasteiger partial charge on any atom is 0.256 e. The molecular weight excluding hydrogens is 372 g/mol. The highest BCUT2D eigenvalue weighted by atomic mass is 16.5. The summed E-state index contributed by atoms with van der Waals surface area (Å²) in [5, 5.41) is 0. The Labute approximate surface area is 169 Å². The van der Waals surface area contributed by atoms with Crippen molar-refractivity contribution in [3.63, 3.8) is 0 Å². The molecular formula is C21H24N4O4. The van der Waals surface area contributed by atoms with E-state index in [1.165, 1.54) is 0 Å². The molecule has 2 aliphatic heterocycles.